The van der Waals surface area contributed by atoms with E-state index >= 15 is 0 Å². The van der Waals surface area contributed by atoms with Gasteiger partial charge >= 0.3 is 0 Å². The van der Waals surface area contributed by atoms with Gasteiger partial charge in [0.25, 0.3) is 11.8 Å². The number of nitriles is 1. The maximum atomic E-state index is 13.1. The van der Waals surface area contributed by atoms with Gasteiger partial charge in [-0.2, -0.15) is 10.4 Å². The molecule has 0 saturated heterocycles. The van der Waals surface area contributed by atoms with E-state index in [4.69, 9.17) is 0 Å². The van der Waals surface area contributed by atoms with Crippen molar-refractivity contribution in [2.24, 2.45) is 0 Å². The Hall–Kier alpha value is -3.71. The highest BCUT2D eigenvalue weighted by Crippen LogP contribution is 2.30. The largest absolute Gasteiger partial charge is 0.506 e. The topological polar surface area (TPSA) is 133 Å². The third kappa shape index (κ3) is 4.73. The van der Waals surface area contributed by atoms with Gasteiger partial charge in [0.2, 0.25) is 0 Å². The molecule has 158 valence electrons. The molecule has 0 fully saturated rings. The van der Waals surface area contributed by atoms with E-state index in [0.717, 1.165) is 5.56 Å². The summed E-state index contributed by atoms with van der Waals surface area (Å²) in [6, 6.07) is 9.29. The molecule has 0 aliphatic rings. The normalized spacial score (nSPS) is 10.6. The minimum Gasteiger partial charge on any atom is -0.506 e. The summed E-state index contributed by atoms with van der Waals surface area (Å²) in [5.41, 5.74) is 0.876. The van der Waals surface area contributed by atoms with Crippen LogP contribution < -0.4 is 10.6 Å². The lowest BCUT2D eigenvalue weighted by Crippen LogP contribution is -2.31. The fourth-order valence-corrected chi connectivity index (χ4v) is 3.27. The Morgan fingerprint density at radius 2 is 2.00 bits per heavy atom. The van der Waals surface area contributed by atoms with Gasteiger partial charge in [-0.05, 0) is 60.5 Å². The van der Waals surface area contributed by atoms with Crippen LogP contribution >= 0.6 is 15.9 Å². The van der Waals surface area contributed by atoms with Gasteiger partial charge in [0.1, 0.15) is 16.0 Å². The Balaban J connectivity index is 2.05. The van der Waals surface area contributed by atoms with Gasteiger partial charge in [-0.25, -0.2) is 9.67 Å². The molecule has 3 rings (SSSR count). The predicted molar refractivity (Wildman–Crippen MR) is 117 cm³/mol. The van der Waals surface area contributed by atoms with Crippen molar-refractivity contribution in [2.45, 2.75) is 26.8 Å². The Morgan fingerprint density at radius 1 is 1.26 bits per heavy atom. The number of carbonyl (C=O) groups is 2. The first-order valence-electron chi connectivity index (χ1n) is 9.28. The smallest absolute Gasteiger partial charge is 0.274 e. The van der Waals surface area contributed by atoms with Crippen molar-refractivity contribution in [3.63, 3.8) is 0 Å². The molecule has 2 amide bonds. The molecule has 0 spiro atoms. The minimum atomic E-state index is -0.623. The maximum absolute atomic E-state index is 13.1. The molecule has 0 saturated carbocycles. The van der Waals surface area contributed by atoms with Crippen LogP contribution in [0.4, 0.5) is 5.69 Å². The first kappa shape index (κ1) is 22.0. The molecular formula is C21H19BrN6O3. The average Bonchev–Trinajstić information content (AvgIpc) is 3.10. The summed E-state index contributed by atoms with van der Waals surface area (Å²) in [5.74, 6) is -1.10. The second-order valence-electron chi connectivity index (χ2n) is 7.02. The van der Waals surface area contributed by atoms with Gasteiger partial charge in [0, 0.05) is 18.3 Å². The molecule has 0 unspecified atom stereocenters. The number of hydrogen-bond acceptors (Lipinski definition) is 6. The quantitative estimate of drug-likeness (QED) is 0.477. The van der Waals surface area contributed by atoms with Crippen molar-refractivity contribution < 1.29 is 14.7 Å². The maximum Gasteiger partial charge on any atom is 0.274 e. The van der Waals surface area contributed by atoms with E-state index < -0.39 is 17.6 Å². The number of halogens is 1. The lowest BCUT2D eigenvalue weighted by atomic mass is 10.1. The van der Waals surface area contributed by atoms with Crippen molar-refractivity contribution in [3.8, 4) is 17.6 Å². The number of benzene rings is 1. The van der Waals surface area contributed by atoms with Crippen LogP contribution in [0.1, 0.15) is 45.8 Å². The lowest BCUT2D eigenvalue weighted by Gasteiger charge is -2.15. The van der Waals surface area contributed by atoms with E-state index in [9.17, 15) is 20.0 Å². The van der Waals surface area contributed by atoms with Gasteiger partial charge in [-0.3, -0.25) is 9.59 Å². The highest BCUT2D eigenvalue weighted by molar-refractivity contribution is 9.10. The minimum absolute atomic E-state index is 0.0299. The van der Waals surface area contributed by atoms with Crippen molar-refractivity contribution in [2.75, 3.05) is 5.32 Å². The summed E-state index contributed by atoms with van der Waals surface area (Å²) < 4.78 is 1.77. The highest BCUT2D eigenvalue weighted by Gasteiger charge is 2.23. The van der Waals surface area contributed by atoms with Crippen LogP contribution in [0.15, 0.2) is 41.1 Å². The molecule has 9 nitrogen and oxygen atoms in total. The van der Waals surface area contributed by atoms with E-state index in [0.29, 0.717) is 10.4 Å². The molecule has 3 aromatic rings. The second kappa shape index (κ2) is 8.97. The Morgan fingerprint density at radius 3 is 2.65 bits per heavy atom. The number of phenolic OH excluding ortho intramolecular Hbond substituents is 1. The number of aromatic nitrogens is 3. The van der Waals surface area contributed by atoms with Crippen LogP contribution in [-0.2, 0) is 0 Å². The van der Waals surface area contributed by atoms with Gasteiger partial charge in [-0.15, -0.1) is 0 Å². The van der Waals surface area contributed by atoms with E-state index in [1.807, 2.05) is 19.1 Å². The zero-order valence-corrected chi connectivity index (χ0v) is 18.6. The number of hydrogen-bond donors (Lipinski definition) is 3. The van der Waals surface area contributed by atoms with Crippen molar-refractivity contribution in [1.29, 1.82) is 5.26 Å². The van der Waals surface area contributed by atoms with E-state index in [1.54, 1.807) is 26.1 Å². The highest BCUT2D eigenvalue weighted by atomic mass is 79.9. The zero-order chi connectivity index (χ0) is 22.7. The van der Waals surface area contributed by atoms with Gasteiger partial charge in [0.05, 0.1) is 22.9 Å². The molecule has 10 heteroatoms. The molecule has 3 N–H and O–H groups in total. The Kier molecular flexibility index (Phi) is 6.36. The predicted octanol–water partition coefficient (Wildman–Crippen LogP) is 3.31. The van der Waals surface area contributed by atoms with Crippen molar-refractivity contribution >= 4 is 33.4 Å². The average molecular weight is 483 g/mol. The number of aryl methyl sites for hydroxylation is 1. The zero-order valence-electron chi connectivity index (χ0n) is 17.0. The third-order valence-corrected chi connectivity index (χ3v) is 4.63. The summed E-state index contributed by atoms with van der Waals surface area (Å²) in [7, 11) is 0. The SMILES string of the molecule is Cc1cccnc1-n1nc(Br)cc1C(=O)Nc1c(O)cc(C#N)cc1C(=O)NC(C)C. The van der Waals surface area contributed by atoms with Gasteiger partial charge < -0.3 is 15.7 Å². The van der Waals surface area contributed by atoms with Gasteiger partial charge in [0.15, 0.2) is 5.82 Å². The fraction of sp³-hybridized carbons (Fsp3) is 0.190. The van der Waals surface area contributed by atoms with Crippen LogP contribution in [0.25, 0.3) is 5.82 Å². The van der Waals surface area contributed by atoms with E-state index in [-0.39, 0.29) is 28.6 Å². The van der Waals surface area contributed by atoms with E-state index in [2.05, 4.69) is 36.6 Å². The van der Waals surface area contributed by atoms with Crippen LogP contribution in [0.3, 0.4) is 0 Å². The molecular weight excluding hydrogens is 464 g/mol. The first-order chi connectivity index (χ1) is 14.7. The molecule has 1 aromatic carbocycles. The number of anilines is 1. The number of nitrogens with one attached hydrogen (secondary N) is 2. The number of pyridine rings is 1. The fourth-order valence-electron chi connectivity index (χ4n) is 2.89. The molecule has 31 heavy (non-hydrogen) atoms. The van der Waals surface area contributed by atoms with Crippen LogP contribution in [0, 0.1) is 18.3 Å². The second-order valence-corrected chi connectivity index (χ2v) is 7.83. The lowest BCUT2D eigenvalue weighted by molar-refractivity contribution is 0.0943. The standard InChI is InChI=1S/C21H19BrN6O3/c1-11(2)25-20(30)14-7-13(10-23)8-16(29)18(14)26-21(31)15-9-17(22)27-28(15)19-12(3)5-4-6-24-19/h4-9,11,29H,1-3H3,(H,25,30)(H,26,31). The molecule has 0 atom stereocenters. The number of nitrogens with zero attached hydrogens (tertiary/aromatic N) is 4. The third-order valence-electron chi connectivity index (χ3n) is 4.24. The number of carbonyl (C=O) groups excluding carboxylic acids is 2. The summed E-state index contributed by atoms with van der Waals surface area (Å²) in [6.45, 7) is 5.38. The molecule has 2 aromatic heterocycles. The summed E-state index contributed by atoms with van der Waals surface area (Å²) in [4.78, 5) is 30.0. The molecule has 2 heterocycles. The summed E-state index contributed by atoms with van der Waals surface area (Å²) in [6.07, 6.45) is 1.58. The van der Waals surface area contributed by atoms with Crippen LogP contribution in [0.2, 0.25) is 0 Å². The molecule has 0 bridgehead atoms. The molecule has 0 radical (unpaired) electrons. The monoisotopic (exact) mass is 482 g/mol. The van der Waals surface area contributed by atoms with Crippen molar-refractivity contribution in [1.82, 2.24) is 20.1 Å². The number of phenols is 1. The molecule has 0 aliphatic carbocycles. The molecule has 0 aliphatic heterocycles. The number of rotatable bonds is 5. The number of amides is 2. The van der Waals surface area contributed by atoms with Crippen molar-refractivity contribution in [3.05, 3.63) is 63.5 Å². The Labute approximate surface area is 186 Å². The summed E-state index contributed by atoms with van der Waals surface area (Å²) in [5, 5.41) is 29.2. The summed E-state index contributed by atoms with van der Waals surface area (Å²) >= 11 is 3.27. The van der Waals surface area contributed by atoms with Crippen LogP contribution in [0.5, 0.6) is 5.75 Å². The number of aromatic hydroxyl groups is 1. The first-order valence-corrected chi connectivity index (χ1v) is 10.1. The van der Waals surface area contributed by atoms with E-state index in [1.165, 1.54) is 22.9 Å². The van der Waals surface area contributed by atoms with Crippen LogP contribution in [-0.4, -0.2) is 37.7 Å². The Bertz CT molecular complexity index is 1210. The van der Waals surface area contributed by atoms with Gasteiger partial charge in [-0.1, -0.05) is 6.07 Å².